The number of methoxy groups -OCH3 is 1. The number of ether oxygens (including phenoxy) is 2. The average molecular weight is 330 g/mol. The van der Waals surface area contributed by atoms with Gasteiger partial charge in [0.2, 0.25) is 0 Å². The van der Waals surface area contributed by atoms with Crippen molar-refractivity contribution in [3.05, 3.63) is 0 Å². The number of carbonyl (C=O) groups excluding carboxylic acids is 3. The molecule has 0 aliphatic rings. The quantitative estimate of drug-likeness (QED) is 0.509. The van der Waals surface area contributed by atoms with E-state index in [4.69, 9.17) is 4.74 Å². The predicted octanol–water partition coefficient (Wildman–Crippen LogP) is 2.12. The molecule has 0 aromatic rings. The minimum absolute atomic E-state index is 0.400. The molecule has 132 valence electrons. The van der Waals surface area contributed by atoms with Gasteiger partial charge in [-0.2, -0.15) is 5.10 Å². The van der Waals surface area contributed by atoms with Crippen LogP contribution in [0.1, 0.15) is 47.0 Å². The van der Waals surface area contributed by atoms with Crippen molar-refractivity contribution in [3.8, 4) is 0 Å². The third-order valence-electron chi connectivity index (χ3n) is 2.39. The number of nitrogens with zero attached hydrogens (tertiary/aromatic N) is 1. The number of rotatable bonds is 6. The van der Waals surface area contributed by atoms with Gasteiger partial charge >= 0.3 is 18.2 Å². The van der Waals surface area contributed by atoms with Gasteiger partial charge in [-0.3, -0.25) is 0 Å². The fourth-order valence-electron chi connectivity index (χ4n) is 1.42. The molecule has 0 aromatic heterocycles. The van der Waals surface area contributed by atoms with E-state index in [-0.39, 0.29) is 0 Å². The van der Waals surface area contributed by atoms with Crippen molar-refractivity contribution in [1.29, 1.82) is 0 Å². The molecule has 9 nitrogen and oxygen atoms in total. The number of hydrogen-bond donors (Lipinski definition) is 3. The lowest BCUT2D eigenvalue weighted by Crippen LogP contribution is -2.41. The fraction of sp³-hybridized carbons (Fsp3) is 0.714. The Morgan fingerprint density at radius 3 is 2.39 bits per heavy atom. The molecule has 0 unspecified atom stereocenters. The van der Waals surface area contributed by atoms with E-state index < -0.39 is 29.9 Å². The summed E-state index contributed by atoms with van der Waals surface area (Å²) in [6.45, 7) is 7.31. The Balaban J connectivity index is 4.48. The summed E-state index contributed by atoms with van der Waals surface area (Å²) in [7, 11) is 1.14. The molecule has 0 spiro atoms. The third-order valence-corrected chi connectivity index (χ3v) is 2.39. The lowest BCUT2D eigenvalue weighted by atomic mass is 10.1. The zero-order chi connectivity index (χ0) is 17.9. The third kappa shape index (κ3) is 12.0. The van der Waals surface area contributed by atoms with Crippen molar-refractivity contribution in [2.24, 2.45) is 5.10 Å². The van der Waals surface area contributed by atoms with Crippen LogP contribution < -0.4 is 16.1 Å². The van der Waals surface area contributed by atoms with Crippen LogP contribution in [0.15, 0.2) is 5.10 Å². The first kappa shape index (κ1) is 20.7. The molecular weight excluding hydrogens is 304 g/mol. The summed E-state index contributed by atoms with van der Waals surface area (Å²) in [6, 6.07) is -1.23. The summed E-state index contributed by atoms with van der Waals surface area (Å²) in [4.78, 5) is 33.8. The molecule has 0 aromatic carbocycles. The molecule has 0 radical (unpaired) electrons. The fourth-order valence-corrected chi connectivity index (χ4v) is 1.42. The van der Waals surface area contributed by atoms with E-state index >= 15 is 0 Å². The van der Waals surface area contributed by atoms with Gasteiger partial charge in [-0.15, -0.1) is 0 Å². The summed E-state index contributed by atoms with van der Waals surface area (Å²) in [5, 5.41) is 8.24. The highest BCUT2D eigenvalue weighted by Gasteiger charge is 2.18. The largest absolute Gasteiger partial charge is 0.453 e. The molecule has 1 atom stereocenters. The number of alkyl carbamates (subject to hydrolysis) is 2. The highest BCUT2D eigenvalue weighted by Crippen LogP contribution is 2.07. The number of hydrogen-bond acceptors (Lipinski definition) is 6. The highest BCUT2D eigenvalue weighted by atomic mass is 16.6. The lowest BCUT2D eigenvalue weighted by Gasteiger charge is -2.22. The second-order valence-electron chi connectivity index (χ2n) is 5.73. The molecule has 23 heavy (non-hydrogen) atoms. The predicted molar refractivity (Wildman–Crippen MR) is 85.2 cm³/mol. The molecule has 0 bridgehead atoms. The van der Waals surface area contributed by atoms with Crippen LogP contribution in [0.3, 0.4) is 0 Å². The maximum absolute atomic E-state index is 11.8. The van der Waals surface area contributed by atoms with Crippen LogP contribution in [0.2, 0.25) is 0 Å². The van der Waals surface area contributed by atoms with Gasteiger partial charge < -0.3 is 14.8 Å². The van der Waals surface area contributed by atoms with Crippen molar-refractivity contribution in [3.63, 3.8) is 0 Å². The van der Waals surface area contributed by atoms with Gasteiger partial charge in [0.1, 0.15) is 5.60 Å². The number of urea groups is 1. The molecule has 3 N–H and O–H groups in total. The topological polar surface area (TPSA) is 118 Å². The highest BCUT2D eigenvalue weighted by molar-refractivity contribution is 5.90. The zero-order valence-electron chi connectivity index (χ0n) is 14.3. The number of carbonyl (C=O) groups is 3. The molecule has 0 aliphatic heterocycles. The standard InChI is InChI=1S/C14H26N4O5/c1-6-7-8-10(16-13(21)23-14(2,3)4)9-15-18-11(19)17-12(20)22-5/h9-10H,6-8H2,1-5H3,(H,16,21)(H2,17,18,19,20)/b15-9+/t10-/m0/s1. The summed E-state index contributed by atoms with van der Waals surface area (Å²) in [5.74, 6) is 0. The van der Waals surface area contributed by atoms with Crippen molar-refractivity contribution < 1.29 is 23.9 Å². The van der Waals surface area contributed by atoms with Crippen LogP contribution in [0.5, 0.6) is 0 Å². The summed E-state index contributed by atoms with van der Waals surface area (Å²) in [6.07, 6.45) is 2.35. The van der Waals surface area contributed by atoms with Crippen molar-refractivity contribution in [1.82, 2.24) is 16.1 Å². The second kappa shape index (κ2) is 10.4. The Hall–Kier alpha value is -2.32. The van der Waals surface area contributed by atoms with Gasteiger partial charge in [0.25, 0.3) is 0 Å². The van der Waals surface area contributed by atoms with Crippen LogP contribution in [-0.2, 0) is 9.47 Å². The first-order valence-corrected chi connectivity index (χ1v) is 7.35. The van der Waals surface area contributed by atoms with Crippen molar-refractivity contribution in [2.45, 2.75) is 58.6 Å². The Labute approximate surface area is 136 Å². The number of amides is 4. The van der Waals surface area contributed by atoms with Gasteiger partial charge in [0, 0.05) is 6.21 Å². The maximum Gasteiger partial charge on any atom is 0.415 e. The zero-order valence-corrected chi connectivity index (χ0v) is 14.3. The molecule has 4 amide bonds. The van der Waals surface area contributed by atoms with E-state index in [2.05, 4.69) is 20.6 Å². The molecule has 0 saturated heterocycles. The van der Waals surface area contributed by atoms with E-state index in [9.17, 15) is 14.4 Å². The minimum atomic E-state index is -0.896. The summed E-state index contributed by atoms with van der Waals surface area (Å²) < 4.78 is 9.43. The first-order valence-electron chi connectivity index (χ1n) is 7.35. The number of nitrogens with one attached hydrogen (secondary N) is 3. The number of imide groups is 1. The molecule has 0 fully saturated rings. The molecule has 0 rings (SSSR count). The van der Waals surface area contributed by atoms with Gasteiger partial charge in [-0.1, -0.05) is 19.8 Å². The minimum Gasteiger partial charge on any atom is -0.453 e. The molecule has 0 aliphatic carbocycles. The Morgan fingerprint density at radius 2 is 1.87 bits per heavy atom. The van der Waals surface area contributed by atoms with Crippen LogP contribution in [0, 0.1) is 0 Å². The SMILES string of the molecule is CCCC[C@@H](/C=N/NC(=O)NC(=O)OC)NC(=O)OC(C)(C)C. The molecule has 0 heterocycles. The maximum atomic E-state index is 11.8. The van der Waals surface area contributed by atoms with Gasteiger partial charge in [0.15, 0.2) is 0 Å². The Bertz CT molecular complexity index is 431. The summed E-state index contributed by atoms with van der Waals surface area (Å²) in [5.41, 5.74) is 1.50. The van der Waals surface area contributed by atoms with E-state index in [1.807, 2.05) is 12.2 Å². The van der Waals surface area contributed by atoms with Gasteiger partial charge in [-0.05, 0) is 27.2 Å². The van der Waals surface area contributed by atoms with Crippen LogP contribution in [-0.4, -0.2) is 43.2 Å². The van der Waals surface area contributed by atoms with E-state index in [0.29, 0.717) is 6.42 Å². The van der Waals surface area contributed by atoms with Crippen LogP contribution >= 0.6 is 0 Å². The first-order chi connectivity index (χ1) is 10.7. The molecule has 0 saturated carbocycles. The van der Waals surface area contributed by atoms with Crippen LogP contribution in [0.25, 0.3) is 0 Å². The van der Waals surface area contributed by atoms with E-state index in [1.54, 1.807) is 20.8 Å². The Morgan fingerprint density at radius 1 is 1.22 bits per heavy atom. The lowest BCUT2D eigenvalue weighted by molar-refractivity contribution is 0.0517. The molecule has 9 heteroatoms. The van der Waals surface area contributed by atoms with E-state index in [0.717, 1.165) is 20.0 Å². The number of hydrazone groups is 1. The average Bonchev–Trinajstić information content (AvgIpc) is 2.42. The number of unbranched alkanes of at least 4 members (excludes halogenated alkanes) is 1. The monoisotopic (exact) mass is 330 g/mol. The van der Waals surface area contributed by atoms with E-state index in [1.165, 1.54) is 6.21 Å². The summed E-state index contributed by atoms with van der Waals surface area (Å²) >= 11 is 0. The van der Waals surface area contributed by atoms with Crippen molar-refractivity contribution >= 4 is 24.4 Å². The Kier molecular flexibility index (Phi) is 9.36. The van der Waals surface area contributed by atoms with Gasteiger partial charge in [-0.25, -0.2) is 25.1 Å². The normalized spacial score (nSPS) is 12.4. The second-order valence-corrected chi connectivity index (χ2v) is 5.73. The van der Waals surface area contributed by atoms with Crippen LogP contribution in [0.4, 0.5) is 14.4 Å². The van der Waals surface area contributed by atoms with Crippen molar-refractivity contribution in [2.75, 3.05) is 7.11 Å². The smallest absolute Gasteiger partial charge is 0.415 e. The van der Waals surface area contributed by atoms with Gasteiger partial charge in [0.05, 0.1) is 13.2 Å². The molecular formula is C14H26N4O5.